The summed E-state index contributed by atoms with van der Waals surface area (Å²) in [5.74, 6) is -1.04. The molecular formula is C14H18N2O4. The molecule has 0 unspecified atom stereocenters. The zero-order chi connectivity index (χ0) is 15.2. The van der Waals surface area contributed by atoms with E-state index in [4.69, 9.17) is 19.5 Å². The van der Waals surface area contributed by atoms with Gasteiger partial charge in [0.25, 0.3) is 0 Å². The van der Waals surface area contributed by atoms with Crippen molar-refractivity contribution in [2.45, 2.75) is 19.6 Å². The van der Waals surface area contributed by atoms with Crippen molar-refractivity contribution in [2.75, 3.05) is 20.7 Å². The standard InChI is InChI=1S/C14H18N2O4/c1-14(2)19-10-12(20-14)9-18-13(17)11(8-15)6-5-7-16(3)4/h5-7,10H,9H2,1-4H3/b7-5+,11-6+. The van der Waals surface area contributed by atoms with Crippen molar-refractivity contribution in [3.63, 3.8) is 0 Å². The number of carbonyl (C=O) groups is 1. The lowest BCUT2D eigenvalue weighted by Gasteiger charge is -2.17. The fourth-order valence-electron chi connectivity index (χ4n) is 1.31. The highest BCUT2D eigenvalue weighted by Gasteiger charge is 2.28. The Bertz CT molecular complexity index is 496. The number of ether oxygens (including phenoxy) is 3. The van der Waals surface area contributed by atoms with Gasteiger partial charge in [-0.25, -0.2) is 4.79 Å². The predicted octanol–water partition coefficient (Wildman–Crippen LogP) is 1.68. The van der Waals surface area contributed by atoms with E-state index in [1.165, 1.54) is 12.3 Å². The lowest BCUT2D eigenvalue weighted by molar-refractivity contribution is -0.143. The van der Waals surface area contributed by atoms with Crippen LogP contribution in [0, 0.1) is 11.3 Å². The number of hydrogen-bond acceptors (Lipinski definition) is 6. The number of allylic oxidation sites excluding steroid dienone is 2. The first-order valence-corrected chi connectivity index (χ1v) is 6.02. The SMILES string of the molecule is CN(C)/C=C/C=C(\C#N)C(=O)OCC1=COC(C)(C)O1. The van der Waals surface area contributed by atoms with Crippen LogP contribution in [0.5, 0.6) is 0 Å². The maximum absolute atomic E-state index is 11.7. The molecule has 0 aromatic carbocycles. The number of rotatable bonds is 5. The maximum atomic E-state index is 11.7. The molecule has 0 saturated heterocycles. The van der Waals surface area contributed by atoms with Crippen LogP contribution >= 0.6 is 0 Å². The van der Waals surface area contributed by atoms with Gasteiger partial charge in [0.05, 0.1) is 0 Å². The molecule has 0 aliphatic carbocycles. The van der Waals surface area contributed by atoms with Gasteiger partial charge in [-0.3, -0.25) is 0 Å². The topological polar surface area (TPSA) is 71.8 Å². The molecule has 0 aromatic rings. The molecule has 0 N–H and O–H groups in total. The van der Waals surface area contributed by atoms with Crippen LogP contribution in [0.4, 0.5) is 0 Å². The lowest BCUT2D eigenvalue weighted by Crippen LogP contribution is -2.21. The summed E-state index contributed by atoms with van der Waals surface area (Å²) in [6, 6.07) is 1.79. The third kappa shape index (κ3) is 5.06. The molecule has 1 heterocycles. The van der Waals surface area contributed by atoms with Crippen LogP contribution in [0.25, 0.3) is 0 Å². The van der Waals surface area contributed by atoms with E-state index in [2.05, 4.69) is 0 Å². The minimum absolute atomic E-state index is 0.0708. The summed E-state index contributed by atoms with van der Waals surface area (Å²) < 4.78 is 15.5. The number of esters is 1. The van der Waals surface area contributed by atoms with Crippen molar-refractivity contribution < 1.29 is 19.0 Å². The number of hydrogen-bond donors (Lipinski definition) is 0. The van der Waals surface area contributed by atoms with E-state index in [0.29, 0.717) is 5.76 Å². The normalized spacial score (nSPS) is 16.9. The van der Waals surface area contributed by atoms with Gasteiger partial charge in [0, 0.05) is 27.9 Å². The zero-order valence-electron chi connectivity index (χ0n) is 12.0. The molecule has 6 heteroatoms. The van der Waals surface area contributed by atoms with E-state index in [1.807, 2.05) is 14.1 Å². The highest BCUT2D eigenvalue weighted by atomic mass is 16.7. The van der Waals surface area contributed by atoms with Gasteiger partial charge in [-0.1, -0.05) is 0 Å². The van der Waals surface area contributed by atoms with Gasteiger partial charge in [0.2, 0.25) is 5.79 Å². The first-order valence-electron chi connectivity index (χ1n) is 6.02. The summed E-state index contributed by atoms with van der Waals surface area (Å²) in [6.07, 6.45) is 6.10. The quantitative estimate of drug-likeness (QED) is 0.330. The Morgan fingerprint density at radius 1 is 1.55 bits per heavy atom. The van der Waals surface area contributed by atoms with E-state index < -0.39 is 11.8 Å². The van der Waals surface area contributed by atoms with E-state index in [0.717, 1.165) is 0 Å². The lowest BCUT2D eigenvalue weighted by atomic mass is 10.3. The van der Waals surface area contributed by atoms with Crippen LogP contribution in [0.1, 0.15) is 13.8 Å². The zero-order valence-corrected chi connectivity index (χ0v) is 12.0. The van der Waals surface area contributed by atoms with Gasteiger partial charge in [-0.05, 0) is 18.4 Å². The summed E-state index contributed by atoms with van der Waals surface area (Å²) >= 11 is 0. The van der Waals surface area contributed by atoms with Crippen LogP contribution in [-0.2, 0) is 19.0 Å². The fourth-order valence-corrected chi connectivity index (χ4v) is 1.31. The molecule has 0 radical (unpaired) electrons. The van der Waals surface area contributed by atoms with E-state index in [9.17, 15) is 4.79 Å². The Balaban J connectivity index is 2.51. The fraction of sp³-hybridized carbons (Fsp3) is 0.429. The average Bonchev–Trinajstić information content (AvgIpc) is 2.71. The Hall–Kier alpha value is -2.42. The summed E-state index contributed by atoms with van der Waals surface area (Å²) in [5.41, 5.74) is -0.0816. The molecule has 108 valence electrons. The molecule has 0 fully saturated rings. The van der Waals surface area contributed by atoms with Crippen molar-refractivity contribution in [1.29, 1.82) is 5.26 Å². The monoisotopic (exact) mass is 278 g/mol. The smallest absolute Gasteiger partial charge is 0.349 e. The van der Waals surface area contributed by atoms with E-state index in [1.54, 1.807) is 37.1 Å². The minimum atomic E-state index is -0.746. The van der Waals surface area contributed by atoms with Crippen molar-refractivity contribution in [2.24, 2.45) is 0 Å². The van der Waals surface area contributed by atoms with Crippen LogP contribution < -0.4 is 0 Å². The van der Waals surface area contributed by atoms with Crippen LogP contribution in [0.2, 0.25) is 0 Å². The Kier molecular flexibility index (Phi) is 5.21. The highest BCUT2D eigenvalue weighted by molar-refractivity contribution is 5.93. The molecule has 0 saturated carbocycles. The largest absolute Gasteiger partial charge is 0.457 e. The Labute approximate surface area is 118 Å². The number of nitriles is 1. The summed E-state index contributed by atoms with van der Waals surface area (Å²) in [5, 5.41) is 8.90. The molecule has 1 aliphatic rings. The highest BCUT2D eigenvalue weighted by Crippen LogP contribution is 2.24. The molecule has 1 rings (SSSR count). The molecule has 0 bridgehead atoms. The second-order valence-corrected chi connectivity index (χ2v) is 4.78. The van der Waals surface area contributed by atoms with Crippen molar-refractivity contribution >= 4 is 5.97 Å². The van der Waals surface area contributed by atoms with Crippen molar-refractivity contribution in [3.8, 4) is 6.07 Å². The van der Waals surface area contributed by atoms with Crippen LogP contribution in [0.3, 0.4) is 0 Å². The Morgan fingerprint density at radius 3 is 2.75 bits per heavy atom. The van der Waals surface area contributed by atoms with Gasteiger partial charge in [-0.15, -0.1) is 0 Å². The minimum Gasteiger partial charge on any atom is -0.457 e. The second-order valence-electron chi connectivity index (χ2n) is 4.78. The molecule has 6 nitrogen and oxygen atoms in total. The third-order valence-electron chi connectivity index (χ3n) is 2.18. The number of carbonyl (C=O) groups excluding carboxylic acids is 1. The third-order valence-corrected chi connectivity index (χ3v) is 2.18. The van der Waals surface area contributed by atoms with Crippen LogP contribution in [0.15, 0.2) is 35.9 Å². The van der Waals surface area contributed by atoms with Gasteiger partial charge in [0.15, 0.2) is 12.4 Å². The predicted molar refractivity (Wildman–Crippen MR) is 71.8 cm³/mol. The summed E-state index contributed by atoms with van der Waals surface area (Å²) in [4.78, 5) is 13.5. The molecule has 0 aromatic heterocycles. The summed E-state index contributed by atoms with van der Waals surface area (Å²) in [6.45, 7) is 3.41. The first kappa shape index (κ1) is 15.6. The first-order chi connectivity index (χ1) is 9.34. The van der Waals surface area contributed by atoms with Crippen LogP contribution in [-0.4, -0.2) is 37.4 Å². The molecule has 1 aliphatic heterocycles. The molecular weight excluding hydrogens is 260 g/mol. The maximum Gasteiger partial charge on any atom is 0.349 e. The molecule has 20 heavy (non-hydrogen) atoms. The van der Waals surface area contributed by atoms with Gasteiger partial charge in [0.1, 0.15) is 17.9 Å². The van der Waals surface area contributed by atoms with Gasteiger partial charge >= 0.3 is 5.97 Å². The number of nitrogens with zero attached hydrogens (tertiary/aromatic N) is 2. The summed E-state index contributed by atoms with van der Waals surface area (Å²) in [7, 11) is 3.67. The van der Waals surface area contributed by atoms with E-state index >= 15 is 0 Å². The average molecular weight is 278 g/mol. The Morgan fingerprint density at radius 2 is 2.25 bits per heavy atom. The van der Waals surface area contributed by atoms with Gasteiger partial charge in [-0.2, -0.15) is 5.26 Å². The molecule has 0 amide bonds. The molecule has 0 atom stereocenters. The van der Waals surface area contributed by atoms with Crippen molar-refractivity contribution in [1.82, 2.24) is 4.90 Å². The van der Waals surface area contributed by atoms with E-state index in [-0.39, 0.29) is 12.2 Å². The van der Waals surface area contributed by atoms with Gasteiger partial charge < -0.3 is 19.1 Å². The van der Waals surface area contributed by atoms with Crippen molar-refractivity contribution in [3.05, 3.63) is 35.9 Å². The second kappa shape index (κ2) is 6.66. The molecule has 0 spiro atoms.